The van der Waals surface area contributed by atoms with Gasteiger partial charge in [0, 0.05) is 5.56 Å². The monoisotopic (exact) mass is 329 g/mol. The number of hydrogen-bond acceptors (Lipinski definition) is 2. The highest BCUT2D eigenvalue weighted by Gasteiger charge is 2.02. The first-order valence-corrected chi connectivity index (χ1v) is 6.57. The SMILES string of the molecule is N#Cc1ccc(C(=O)/C=C/c2ccc(F)c(Br)c2)cc1. The van der Waals surface area contributed by atoms with Crippen LogP contribution in [0.4, 0.5) is 4.39 Å². The summed E-state index contributed by atoms with van der Waals surface area (Å²) in [6.45, 7) is 0. The third kappa shape index (κ3) is 3.40. The number of nitrogens with zero attached hydrogens (tertiary/aromatic N) is 1. The second-order valence-electron chi connectivity index (χ2n) is 4.06. The summed E-state index contributed by atoms with van der Waals surface area (Å²) in [5.74, 6) is -0.518. The second kappa shape index (κ2) is 6.27. The topological polar surface area (TPSA) is 40.9 Å². The van der Waals surface area contributed by atoms with Crippen LogP contribution in [0.3, 0.4) is 0 Å². The Kier molecular flexibility index (Phi) is 4.44. The normalized spacial score (nSPS) is 10.4. The molecule has 0 spiro atoms. The maximum absolute atomic E-state index is 13.1. The number of ketones is 1. The van der Waals surface area contributed by atoms with Crippen LogP contribution in [-0.4, -0.2) is 5.78 Å². The largest absolute Gasteiger partial charge is 0.289 e. The summed E-state index contributed by atoms with van der Waals surface area (Å²) in [5.41, 5.74) is 1.73. The smallest absolute Gasteiger partial charge is 0.185 e. The van der Waals surface area contributed by atoms with Gasteiger partial charge >= 0.3 is 0 Å². The molecule has 0 N–H and O–H groups in total. The summed E-state index contributed by atoms with van der Waals surface area (Å²) in [7, 11) is 0. The van der Waals surface area contributed by atoms with E-state index in [1.54, 1.807) is 42.5 Å². The van der Waals surface area contributed by atoms with Crippen LogP contribution in [0.5, 0.6) is 0 Å². The van der Waals surface area contributed by atoms with Gasteiger partial charge in [-0.1, -0.05) is 12.1 Å². The molecule has 2 nitrogen and oxygen atoms in total. The van der Waals surface area contributed by atoms with Crippen molar-refractivity contribution in [2.24, 2.45) is 0 Å². The predicted octanol–water partition coefficient (Wildman–Crippen LogP) is 4.36. The molecule has 0 fully saturated rings. The second-order valence-corrected chi connectivity index (χ2v) is 4.91. The van der Waals surface area contributed by atoms with Crippen molar-refractivity contribution in [3.63, 3.8) is 0 Å². The minimum absolute atomic E-state index is 0.171. The van der Waals surface area contributed by atoms with E-state index < -0.39 is 0 Å². The summed E-state index contributed by atoms with van der Waals surface area (Å²) < 4.78 is 13.4. The molecule has 0 saturated heterocycles. The van der Waals surface area contributed by atoms with Crippen LogP contribution in [0.15, 0.2) is 53.0 Å². The van der Waals surface area contributed by atoms with Crippen molar-refractivity contribution < 1.29 is 9.18 Å². The number of rotatable bonds is 3. The minimum Gasteiger partial charge on any atom is -0.289 e. The van der Waals surface area contributed by atoms with Gasteiger partial charge in [-0.15, -0.1) is 0 Å². The number of carbonyl (C=O) groups excluding carboxylic acids is 1. The molecule has 0 atom stereocenters. The molecule has 0 unspecified atom stereocenters. The molecule has 20 heavy (non-hydrogen) atoms. The summed E-state index contributed by atoms with van der Waals surface area (Å²) >= 11 is 3.09. The first-order valence-electron chi connectivity index (χ1n) is 5.78. The molecule has 4 heteroatoms. The van der Waals surface area contributed by atoms with Gasteiger partial charge in [0.1, 0.15) is 5.82 Å². The highest BCUT2D eigenvalue weighted by molar-refractivity contribution is 9.10. The summed E-state index contributed by atoms with van der Waals surface area (Å²) in [6, 6.07) is 12.9. The van der Waals surface area contributed by atoms with Crippen molar-refractivity contribution in [3.8, 4) is 6.07 Å². The summed E-state index contributed by atoms with van der Waals surface area (Å²) in [4.78, 5) is 11.9. The molecule has 0 radical (unpaired) electrons. The molecule has 2 rings (SSSR count). The maximum atomic E-state index is 13.1. The minimum atomic E-state index is -0.347. The van der Waals surface area contributed by atoms with E-state index in [2.05, 4.69) is 15.9 Å². The highest BCUT2D eigenvalue weighted by atomic mass is 79.9. The molecule has 2 aromatic rings. The number of halogens is 2. The van der Waals surface area contributed by atoms with Crippen molar-refractivity contribution in [1.29, 1.82) is 5.26 Å². The van der Waals surface area contributed by atoms with Crippen molar-refractivity contribution in [2.75, 3.05) is 0 Å². The van der Waals surface area contributed by atoms with E-state index in [4.69, 9.17) is 5.26 Å². The number of carbonyl (C=O) groups is 1. The van der Waals surface area contributed by atoms with Gasteiger partial charge in [-0.2, -0.15) is 5.26 Å². The van der Waals surface area contributed by atoms with Crippen LogP contribution in [0.25, 0.3) is 6.08 Å². The molecule has 0 bridgehead atoms. The average Bonchev–Trinajstić information content (AvgIpc) is 2.48. The van der Waals surface area contributed by atoms with Crippen LogP contribution in [0.1, 0.15) is 21.5 Å². The van der Waals surface area contributed by atoms with Gasteiger partial charge in [0.2, 0.25) is 0 Å². The molecule has 98 valence electrons. The quantitative estimate of drug-likeness (QED) is 0.620. The lowest BCUT2D eigenvalue weighted by atomic mass is 10.1. The first kappa shape index (κ1) is 14.2. The Morgan fingerprint density at radius 1 is 1.20 bits per heavy atom. The van der Waals surface area contributed by atoms with Crippen LogP contribution >= 0.6 is 15.9 Å². The number of hydrogen-bond donors (Lipinski definition) is 0. The van der Waals surface area contributed by atoms with E-state index in [9.17, 15) is 9.18 Å². The number of nitriles is 1. The zero-order chi connectivity index (χ0) is 14.5. The molecular weight excluding hydrogens is 321 g/mol. The molecular formula is C16H9BrFNO. The van der Waals surface area contributed by atoms with E-state index in [0.717, 1.165) is 5.56 Å². The van der Waals surface area contributed by atoms with E-state index in [-0.39, 0.29) is 11.6 Å². The Morgan fingerprint density at radius 2 is 1.90 bits per heavy atom. The average molecular weight is 330 g/mol. The van der Waals surface area contributed by atoms with E-state index in [0.29, 0.717) is 15.6 Å². The fraction of sp³-hybridized carbons (Fsp3) is 0. The molecule has 0 aliphatic carbocycles. The standard InChI is InChI=1S/C16H9BrFNO/c17-14-9-11(3-7-15(14)18)4-8-16(20)13-5-1-12(10-19)2-6-13/h1-9H/b8-4+. The molecule has 2 aromatic carbocycles. The van der Waals surface area contributed by atoms with Gasteiger partial charge in [-0.3, -0.25) is 4.79 Å². The lowest BCUT2D eigenvalue weighted by Crippen LogP contribution is -1.93. The van der Waals surface area contributed by atoms with Crippen LogP contribution in [0.2, 0.25) is 0 Å². The predicted molar refractivity (Wildman–Crippen MR) is 78.6 cm³/mol. The molecule has 0 saturated carbocycles. The molecule has 0 heterocycles. The molecule has 0 aliphatic rings. The lowest BCUT2D eigenvalue weighted by Gasteiger charge is -1.98. The van der Waals surface area contributed by atoms with Gasteiger partial charge in [-0.25, -0.2) is 4.39 Å². The van der Waals surface area contributed by atoms with Gasteiger partial charge in [0.15, 0.2) is 5.78 Å². The maximum Gasteiger partial charge on any atom is 0.185 e. The zero-order valence-corrected chi connectivity index (χ0v) is 11.9. The Morgan fingerprint density at radius 3 is 2.50 bits per heavy atom. The van der Waals surface area contributed by atoms with Crippen molar-refractivity contribution in [1.82, 2.24) is 0 Å². The Balaban J connectivity index is 2.15. The van der Waals surface area contributed by atoms with Crippen LogP contribution in [-0.2, 0) is 0 Å². The Labute approximate surface area is 124 Å². The molecule has 0 aliphatic heterocycles. The summed E-state index contributed by atoms with van der Waals surface area (Å²) in [6.07, 6.45) is 3.03. The van der Waals surface area contributed by atoms with Crippen molar-refractivity contribution in [2.45, 2.75) is 0 Å². The van der Waals surface area contributed by atoms with Gasteiger partial charge in [0.25, 0.3) is 0 Å². The lowest BCUT2D eigenvalue weighted by molar-refractivity contribution is 0.104. The van der Waals surface area contributed by atoms with Crippen molar-refractivity contribution >= 4 is 27.8 Å². The fourth-order valence-corrected chi connectivity index (χ4v) is 1.99. The highest BCUT2D eigenvalue weighted by Crippen LogP contribution is 2.18. The first-order chi connectivity index (χ1) is 9.60. The van der Waals surface area contributed by atoms with Gasteiger partial charge < -0.3 is 0 Å². The van der Waals surface area contributed by atoms with Crippen molar-refractivity contribution in [3.05, 3.63) is 75.5 Å². The van der Waals surface area contributed by atoms with Gasteiger partial charge in [-0.05, 0) is 64.0 Å². The van der Waals surface area contributed by atoms with Gasteiger partial charge in [0.05, 0.1) is 16.1 Å². The van der Waals surface area contributed by atoms with E-state index in [1.165, 1.54) is 12.1 Å². The Hall–Kier alpha value is -2.25. The van der Waals surface area contributed by atoms with E-state index in [1.807, 2.05) is 6.07 Å². The van der Waals surface area contributed by atoms with E-state index >= 15 is 0 Å². The Bertz CT molecular complexity index is 714. The molecule has 0 aromatic heterocycles. The third-order valence-corrected chi connectivity index (χ3v) is 3.28. The third-order valence-electron chi connectivity index (χ3n) is 2.67. The number of benzene rings is 2. The fourth-order valence-electron chi connectivity index (χ4n) is 1.59. The summed E-state index contributed by atoms with van der Waals surface area (Å²) in [5, 5.41) is 8.68. The number of allylic oxidation sites excluding steroid dienone is 1. The van der Waals surface area contributed by atoms with Crippen LogP contribution < -0.4 is 0 Å². The molecule has 0 amide bonds. The zero-order valence-electron chi connectivity index (χ0n) is 10.3. The van der Waals surface area contributed by atoms with Crippen LogP contribution in [0, 0.1) is 17.1 Å².